The normalized spacial score (nSPS) is 16.8. The average molecular weight is 276 g/mol. The van der Waals surface area contributed by atoms with Gasteiger partial charge in [-0.15, -0.1) is 0 Å². The Labute approximate surface area is 123 Å². The van der Waals surface area contributed by atoms with Crippen LogP contribution in [0.5, 0.6) is 0 Å². The topological polar surface area (TPSA) is 24.5 Å². The second-order valence-corrected chi connectivity index (χ2v) is 5.55. The van der Waals surface area contributed by atoms with E-state index < -0.39 is 0 Å². The zero-order valence-electron chi connectivity index (χ0n) is 12.9. The van der Waals surface area contributed by atoms with Crippen molar-refractivity contribution in [2.45, 2.75) is 45.8 Å². The Bertz CT molecular complexity index is 367. The van der Waals surface area contributed by atoms with E-state index in [1.165, 1.54) is 11.1 Å². The fraction of sp³-hybridized carbons (Fsp3) is 0.647. The predicted octanol–water partition coefficient (Wildman–Crippen LogP) is 2.80. The van der Waals surface area contributed by atoms with Gasteiger partial charge in [0.05, 0.1) is 0 Å². The molecule has 0 atom stereocenters. The first kappa shape index (κ1) is 15.5. The summed E-state index contributed by atoms with van der Waals surface area (Å²) < 4.78 is 5.38. The lowest BCUT2D eigenvalue weighted by molar-refractivity contribution is 0.0776. The van der Waals surface area contributed by atoms with Gasteiger partial charge in [0.25, 0.3) is 0 Å². The molecule has 1 aromatic rings. The van der Waals surface area contributed by atoms with Gasteiger partial charge in [-0.1, -0.05) is 38.1 Å². The average Bonchev–Trinajstić information content (AvgIpc) is 2.53. The monoisotopic (exact) mass is 276 g/mol. The molecule has 3 heteroatoms. The molecule has 1 fully saturated rings. The van der Waals surface area contributed by atoms with Gasteiger partial charge in [0.1, 0.15) is 0 Å². The molecule has 0 spiro atoms. The van der Waals surface area contributed by atoms with Crippen LogP contribution in [0.2, 0.25) is 0 Å². The van der Waals surface area contributed by atoms with Crippen LogP contribution in [-0.4, -0.2) is 37.2 Å². The van der Waals surface area contributed by atoms with E-state index >= 15 is 0 Å². The first-order chi connectivity index (χ1) is 9.81. The minimum absolute atomic E-state index is 0.624. The summed E-state index contributed by atoms with van der Waals surface area (Å²) in [6.07, 6.45) is 2.28. The van der Waals surface area contributed by atoms with Crippen LogP contribution in [0.4, 0.5) is 0 Å². The van der Waals surface area contributed by atoms with Crippen molar-refractivity contribution in [3.8, 4) is 0 Å². The summed E-state index contributed by atoms with van der Waals surface area (Å²) in [6, 6.07) is 9.66. The molecule has 1 saturated heterocycles. The molecule has 20 heavy (non-hydrogen) atoms. The third kappa shape index (κ3) is 4.89. The van der Waals surface area contributed by atoms with Crippen LogP contribution in [0.15, 0.2) is 24.3 Å². The zero-order chi connectivity index (χ0) is 14.2. The van der Waals surface area contributed by atoms with Crippen molar-refractivity contribution in [3.05, 3.63) is 35.4 Å². The van der Waals surface area contributed by atoms with Crippen molar-refractivity contribution in [2.75, 3.05) is 26.3 Å². The molecule has 0 aromatic heterocycles. The number of benzene rings is 1. The SMILES string of the molecule is CCN(CC)Cc1ccc(CNC2CCOCC2)cc1. The Morgan fingerprint density at radius 3 is 2.25 bits per heavy atom. The van der Waals surface area contributed by atoms with Gasteiger partial charge < -0.3 is 10.1 Å². The van der Waals surface area contributed by atoms with Gasteiger partial charge in [0.2, 0.25) is 0 Å². The molecule has 3 nitrogen and oxygen atoms in total. The van der Waals surface area contributed by atoms with Crippen molar-refractivity contribution in [2.24, 2.45) is 0 Å². The highest BCUT2D eigenvalue weighted by atomic mass is 16.5. The molecule has 1 aromatic carbocycles. The van der Waals surface area contributed by atoms with Crippen LogP contribution in [0, 0.1) is 0 Å². The van der Waals surface area contributed by atoms with E-state index in [9.17, 15) is 0 Å². The molecule has 0 amide bonds. The van der Waals surface area contributed by atoms with Gasteiger partial charge in [-0.3, -0.25) is 4.90 Å². The molecule has 1 heterocycles. The Balaban J connectivity index is 1.78. The van der Waals surface area contributed by atoms with E-state index in [2.05, 4.69) is 48.3 Å². The van der Waals surface area contributed by atoms with E-state index in [1.807, 2.05) is 0 Å². The number of ether oxygens (including phenoxy) is 1. The highest BCUT2D eigenvalue weighted by Gasteiger charge is 2.12. The third-order valence-corrected chi connectivity index (χ3v) is 4.14. The zero-order valence-corrected chi connectivity index (χ0v) is 12.9. The second-order valence-electron chi connectivity index (χ2n) is 5.55. The lowest BCUT2D eigenvalue weighted by Gasteiger charge is -2.23. The molecule has 1 aliphatic heterocycles. The van der Waals surface area contributed by atoms with Crippen LogP contribution >= 0.6 is 0 Å². The van der Waals surface area contributed by atoms with E-state index in [0.29, 0.717) is 6.04 Å². The summed E-state index contributed by atoms with van der Waals surface area (Å²) in [4.78, 5) is 2.44. The van der Waals surface area contributed by atoms with Crippen LogP contribution in [0.1, 0.15) is 37.8 Å². The molecule has 0 bridgehead atoms. The molecule has 112 valence electrons. The van der Waals surface area contributed by atoms with Gasteiger partial charge in [-0.05, 0) is 37.1 Å². The molecule has 1 N–H and O–H groups in total. The maximum absolute atomic E-state index is 5.38. The molecule has 1 aliphatic rings. The molecule has 0 unspecified atom stereocenters. The number of hydrogen-bond acceptors (Lipinski definition) is 3. The number of rotatable bonds is 7. The highest BCUT2D eigenvalue weighted by molar-refractivity contribution is 5.22. The lowest BCUT2D eigenvalue weighted by Crippen LogP contribution is -2.34. The summed E-state index contributed by atoms with van der Waals surface area (Å²) in [5.74, 6) is 0. The van der Waals surface area contributed by atoms with Gasteiger partial charge in [0, 0.05) is 32.3 Å². The first-order valence-electron chi connectivity index (χ1n) is 7.93. The summed E-state index contributed by atoms with van der Waals surface area (Å²) in [5.41, 5.74) is 2.78. The number of hydrogen-bond donors (Lipinski definition) is 1. The molecule has 0 saturated carbocycles. The second kappa shape index (κ2) is 8.40. The largest absolute Gasteiger partial charge is 0.381 e. The molecular weight excluding hydrogens is 248 g/mol. The minimum Gasteiger partial charge on any atom is -0.381 e. The Morgan fingerprint density at radius 1 is 1.05 bits per heavy atom. The highest BCUT2D eigenvalue weighted by Crippen LogP contribution is 2.10. The van der Waals surface area contributed by atoms with Gasteiger partial charge in [0.15, 0.2) is 0 Å². The minimum atomic E-state index is 0.624. The molecule has 2 rings (SSSR count). The van der Waals surface area contributed by atoms with E-state index in [0.717, 1.165) is 52.2 Å². The summed E-state index contributed by atoms with van der Waals surface area (Å²) >= 11 is 0. The quantitative estimate of drug-likeness (QED) is 0.829. The molecule has 0 aliphatic carbocycles. The van der Waals surface area contributed by atoms with E-state index in [4.69, 9.17) is 4.74 Å². The van der Waals surface area contributed by atoms with E-state index in [1.54, 1.807) is 0 Å². The first-order valence-corrected chi connectivity index (χ1v) is 7.93. The maximum Gasteiger partial charge on any atom is 0.0480 e. The van der Waals surface area contributed by atoms with Crippen molar-refractivity contribution < 1.29 is 4.74 Å². The number of nitrogens with zero attached hydrogens (tertiary/aromatic N) is 1. The van der Waals surface area contributed by atoms with Crippen molar-refractivity contribution in [1.29, 1.82) is 0 Å². The standard InChI is InChI=1S/C17H28N2O/c1-3-19(4-2)14-16-7-5-15(6-8-16)13-18-17-9-11-20-12-10-17/h5-8,17-18H,3-4,9-14H2,1-2H3. The Morgan fingerprint density at radius 2 is 1.65 bits per heavy atom. The van der Waals surface area contributed by atoms with Gasteiger partial charge >= 0.3 is 0 Å². The third-order valence-electron chi connectivity index (χ3n) is 4.14. The predicted molar refractivity (Wildman–Crippen MR) is 83.7 cm³/mol. The summed E-state index contributed by atoms with van der Waals surface area (Å²) in [6.45, 7) is 10.5. The van der Waals surface area contributed by atoms with Crippen molar-refractivity contribution in [3.63, 3.8) is 0 Å². The van der Waals surface area contributed by atoms with Crippen molar-refractivity contribution >= 4 is 0 Å². The summed E-state index contributed by atoms with van der Waals surface area (Å²) in [5, 5.41) is 3.63. The van der Waals surface area contributed by atoms with Crippen LogP contribution in [-0.2, 0) is 17.8 Å². The van der Waals surface area contributed by atoms with Crippen molar-refractivity contribution in [1.82, 2.24) is 10.2 Å². The molecular formula is C17H28N2O. The Hall–Kier alpha value is -0.900. The van der Waals surface area contributed by atoms with Crippen LogP contribution < -0.4 is 5.32 Å². The number of nitrogens with one attached hydrogen (secondary N) is 1. The fourth-order valence-corrected chi connectivity index (χ4v) is 2.63. The fourth-order valence-electron chi connectivity index (χ4n) is 2.63. The maximum atomic E-state index is 5.38. The smallest absolute Gasteiger partial charge is 0.0480 e. The van der Waals surface area contributed by atoms with Gasteiger partial charge in [-0.25, -0.2) is 0 Å². The lowest BCUT2D eigenvalue weighted by atomic mass is 10.1. The van der Waals surface area contributed by atoms with Crippen LogP contribution in [0.3, 0.4) is 0 Å². The van der Waals surface area contributed by atoms with Crippen LogP contribution in [0.25, 0.3) is 0 Å². The van der Waals surface area contributed by atoms with Gasteiger partial charge in [-0.2, -0.15) is 0 Å². The Kier molecular flexibility index (Phi) is 6.51. The van der Waals surface area contributed by atoms with E-state index in [-0.39, 0.29) is 0 Å². The summed E-state index contributed by atoms with van der Waals surface area (Å²) in [7, 11) is 0. The molecule has 0 radical (unpaired) electrons.